The zero-order valence-electron chi connectivity index (χ0n) is 10.4. The van der Waals surface area contributed by atoms with Crippen LogP contribution in [-0.4, -0.2) is 20.0 Å². The molecular weight excluding hydrogens is 232 g/mol. The number of nitrogens with zero attached hydrogens (tertiary/aromatic N) is 3. The molecule has 0 radical (unpaired) electrons. The van der Waals surface area contributed by atoms with Crippen LogP contribution in [0.15, 0.2) is 0 Å². The molecule has 0 saturated heterocycles. The van der Waals surface area contributed by atoms with Crippen molar-refractivity contribution in [1.29, 1.82) is 0 Å². The lowest BCUT2D eigenvalue weighted by Crippen LogP contribution is -2.15. The molecule has 2 N–H and O–H groups in total. The molecule has 5 heteroatoms. The van der Waals surface area contributed by atoms with Crippen molar-refractivity contribution in [3.63, 3.8) is 0 Å². The largest absolute Gasteiger partial charge is 0.388 e. The van der Waals surface area contributed by atoms with E-state index in [4.69, 9.17) is 18.0 Å². The van der Waals surface area contributed by atoms with Gasteiger partial charge in [0.2, 0.25) is 0 Å². The van der Waals surface area contributed by atoms with Crippen LogP contribution in [0.3, 0.4) is 0 Å². The lowest BCUT2D eigenvalue weighted by Gasteiger charge is -2.06. The normalized spacial score (nSPS) is 15.1. The summed E-state index contributed by atoms with van der Waals surface area (Å²) in [5.74, 6) is 0.798. The molecule has 4 nitrogen and oxygen atoms in total. The maximum Gasteiger partial charge on any atom is 0.143 e. The van der Waals surface area contributed by atoms with E-state index in [0.717, 1.165) is 36.7 Å². The minimum absolute atomic E-state index is 0.377. The molecule has 1 aliphatic rings. The molecule has 17 heavy (non-hydrogen) atoms. The lowest BCUT2D eigenvalue weighted by atomic mass is 10.1. The number of aromatic nitrogens is 3. The first-order chi connectivity index (χ1) is 8.22. The maximum absolute atomic E-state index is 5.69. The van der Waals surface area contributed by atoms with Crippen molar-refractivity contribution < 1.29 is 0 Å². The first-order valence-electron chi connectivity index (χ1n) is 6.44. The molecule has 0 spiro atoms. The second kappa shape index (κ2) is 5.58. The lowest BCUT2D eigenvalue weighted by molar-refractivity contribution is 0.514. The van der Waals surface area contributed by atoms with E-state index in [0.29, 0.717) is 4.99 Å². The average molecular weight is 252 g/mol. The van der Waals surface area contributed by atoms with Crippen molar-refractivity contribution in [1.82, 2.24) is 15.0 Å². The smallest absolute Gasteiger partial charge is 0.143 e. The molecule has 1 aliphatic carbocycles. The summed E-state index contributed by atoms with van der Waals surface area (Å²) in [5, 5.41) is 8.31. The summed E-state index contributed by atoms with van der Waals surface area (Å²) in [6.45, 7) is 3.14. The Balaban J connectivity index is 2.09. The number of hydrogen-bond acceptors (Lipinski definition) is 3. The molecule has 1 fully saturated rings. The van der Waals surface area contributed by atoms with Crippen molar-refractivity contribution in [3.8, 4) is 0 Å². The van der Waals surface area contributed by atoms with Crippen molar-refractivity contribution >= 4 is 17.2 Å². The minimum Gasteiger partial charge on any atom is -0.388 e. The van der Waals surface area contributed by atoms with E-state index >= 15 is 0 Å². The van der Waals surface area contributed by atoms with Crippen LogP contribution in [0.1, 0.15) is 50.4 Å². The van der Waals surface area contributed by atoms with Gasteiger partial charge in [0.15, 0.2) is 0 Å². The minimum atomic E-state index is 0.377. The highest BCUT2D eigenvalue weighted by atomic mass is 32.1. The van der Waals surface area contributed by atoms with Crippen LogP contribution >= 0.6 is 12.2 Å². The highest BCUT2D eigenvalue weighted by molar-refractivity contribution is 7.80. The van der Waals surface area contributed by atoms with Crippen LogP contribution in [0, 0.1) is 5.92 Å². The highest BCUT2D eigenvalue weighted by Crippen LogP contribution is 2.33. The zero-order chi connectivity index (χ0) is 12.3. The molecule has 0 amide bonds. The Morgan fingerprint density at radius 2 is 2.24 bits per heavy atom. The molecular formula is C12H20N4S. The number of aryl methyl sites for hydroxylation is 1. The van der Waals surface area contributed by atoms with Gasteiger partial charge in [0.25, 0.3) is 0 Å². The van der Waals surface area contributed by atoms with Crippen LogP contribution in [-0.2, 0) is 13.0 Å². The SMILES string of the molecule is CCCCCn1nnc(C(N)=S)c1CC1CC1. The molecule has 0 atom stereocenters. The van der Waals surface area contributed by atoms with E-state index in [9.17, 15) is 0 Å². The van der Waals surface area contributed by atoms with E-state index in [2.05, 4.69) is 17.2 Å². The van der Waals surface area contributed by atoms with Crippen molar-refractivity contribution in [2.24, 2.45) is 11.7 Å². The second-order valence-corrected chi connectivity index (χ2v) is 5.27. The Bertz CT molecular complexity index is 395. The zero-order valence-corrected chi connectivity index (χ0v) is 11.2. The fourth-order valence-electron chi connectivity index (χ4n) is 2.01. The van der Waals surface area contributed by atoms with E-state index in [1.807, 2.05) is 4.68 Å². The summed E-state index contributed by atoms with van der Waals surface area (Å²) in [5.41, 5.74) is 7.58. The second-order valence-electron chi connectivity index (χ2n) is 4.83. The van der Waals surface area contributed by atoms with Crippen LogP contribution in [0.5, 0.6) is 0 Å². The Morgan fingerprint density at radius 3 is 2.82 bits per heavy atom. The summed E-state index contributed by atoms with van der Waals surface area (Å²) in [6, 6.07) is 0. The predicted molar refractivity (Wildman–Crippen MR) is 71.9 cm³/mol. The molecule has 0 aromatic carbocycles. The number of hydrogen-bond donors (Lipinski definition) is 1. The topological polar surface area (TPSA) is 56.7 Å². The highest BCUT2D eigenvalue weighted by Gasteiger charge is 2.26. The maximum atomic E-state index is 5.69. The first kappa shape index (κ1) is 12.5. The molecule has 0 aliphatic heterocycles. The van der Waals surface area contributed by atoms with E-state index in [1.54, 1.807) is 0 Å². The van der Waals surface area contributed by atoms with Gasteiger partial charge in [-0.25, -0.2) is 4.68 Å². The summed E-state index contributed by atoms with van der Waals surface area (Å²) in [7, 11) is 0. The van der Waals surface area contributed by atoms with Crippen LogP contribution in [0.25, 0.3) is 0 Å². The molecule has 2 rings (SSSR count). The third kappa shape index (κ3) is 3.25. The molecule has 1 heterocycles. The molecule has 0 unspecified atom stereocenters. The predicted octanol–water partition coefficient (Wildman–Crippen LogP) is 2.06. The third-order valence-corrected chi connectivity index (χ3v) is 3.42. The van der Waals surface area contributed by atoms with E-state index < -0.39 is 0 Å². The molecule has 1 saturated carbocycles. The van der Waals surface area contributed by atoms with Crippen molar-refractivity contribution in [2.75, 3.05) is 0 Å². The molecule has 0 bridgehead atoms. The Labute approximate surface area is 108 Å². The Kier molecular flexibility index (Phi) is 4.10. The number of unbranched alkanes of at least 4 members (excludes halogenated alkanes) is 2. The van der Waals surface area contributed by atoms with Crippen LogP contribution in [0.2, 0.25) is 0 Å². The first-order valence-corrected chi connectivity index (χ1v) is 6.85. The van der Waals surface area contributed by atoms with Crippen LogP contribution < -0.4 is 5.73 Å². The number of thiocarbonyl (C=S) groups is 1. The van der Waals surface area contributed by atoms with E-state index in [1.165, 1.54) is 25.7 Å². The molecule has 1 aromatic heterocycles. The van der Waals surface area contributed by atoms with Gasteiger partial charge in [-0.2, -0.15) is 0 Å². The summed E-state index contributed by atoms with van der Waals surface area (Å²) in [4.78, 5) is 0.377. The third-order valence-electron chi connectivity index (χ3n) is 3.22. The fourth-order valence-corrected chi connectivity index (χ4v) is 2.17. The molecule has 94 valence electrons. The monoisotopic (exact) mass is 252 g/mol. The van der Waals surface area contributed by atoms with Gasteiger partial charge in [0, 0.05) is 6.54 Å². The summed E-state index contributed by atoms with van der Waals surface area (Å²) < 4.78 is 2.00. The van der Waals surface area contributed by atoms with Crippen LogP contribution in [0.4, 0.5) is 0 Å². The van der Waals surface area contributed by atoms with Crippen molar-refractivity contribution in [3.05, 3.63) is 11.4 Å². The van der Waals surface area contributed by atoms with Crippen molar-refractivity contribution in [2.45, 2.75) is 52.0 Å². The molecule has 1 aromatic rings. The van der Waals surface area contributed by atoms with Gasteiger partial charge in [-0.15, -0.1) is 5.10 Å². The quantitative estimate of drug-likeness (QED) is 0.596. The van der Waals surface area contributed by atoms with Gasteiger partial charge < -0.3 is 5.73 Å². The summed E-state index contributed by atoms with van der Waals surface area (Å²) in [6.07, 6.45) is 7.26. The van der Waals surface area contributed by atoms with Gasteiger partial charge >= 0.3 is 0 Å². The van der Waals surface area contributed by atoms with Gasteiger partial charge in [-0.3, -0.25) is 0 Å². The number of nitrogens with two attached hydrogens (primary N) is 1. The Hall–Kier alpha value is -0.970. The van der Waals surface area contributed by atoms with Gasteiger partial charge in [0.1, 0.15) is 10.7 Å². The fraction of sp³-hybridized carbons (Fsp3) is 0.750. The number of rotatable bonds is 7. The Morgan fingerprint density at radius 1 is 1.47 bits per heavy atom. The average Bonchev–Trinajstić information content (AvgIpc) is 3.01. The van der Waals surface area contributed by atoms with E-state index in [-0.39, 0.29) is 0 Å². The summed E-state index contributed by atoms with van der Waals surface area (Å²) >= 11 is 5.03. The standard InChI is InChI=1S/C12H20N4S/c1-2-3-4-7-16-10(8-9-5-6-9)11(12(13)17)14-15-16/h9H,2-8H2,1H3,(H2,13,17). The van der Waals surface area contributed by atoms with Gasteiger partial charge in [-0.05, 0) is 31.6 Å². The van der Waals surface area contributed by atoms with Gasteiger partial charge in [-0.1, -0.05) is 37.2 Å². The van der Waals surface area contributed by atoms with Gasteiger partial charge in [0.05, 0.1) is 5.69 Å².